The van der Waals surface area contributed by atoms with Crippen molar-refractivity contribution in [1.29, 1.82) is 0 Å². The molecule has 0 fully saturated rings. The number of nitrogens with zero attached hydrogens (tertiary/aromatic N) is 1. The van der Waals surface area contributed by atoms with E-state index in [2.05, 4.69) is 15.2 Å². The van der Waals surface area contributed by atoms with Gasteiger partial charge in [0.05, 0.1) is 28.8 Å². The first kappa shape index (κ1) is 27.4. The van der Waals surface area contributed by atoms with Crippen LogP contribution in [0.1, 0.15) is 26.3 Å². The van der Waals surface area contributed by atoms with Crippen LogP contribution in [0.15, 0.2) is 107 Å². The van der Waals surface area contributed by atoms with Crippen molar-refractivity contribution < 1.29 is 27.5 Å². The van der Waals surface area contributed by atoms with Crippen LogP contribution < -0.4 is 19.6 Å². The molecule has 0 aliphatic rings. The molecular formula is C28H22ClN3O6S. The number of benzene rings is 4. The van der Waals surface area contributed by atoms with Gasteiger partial charge in [0.2, 0.25) is 0 Å². The molecule has 11 heteroatoms. The van der Waals surface area contributed by atoms with Crippen LogP contribution in [0.4, 0.5) is 5.69 Å². The second-order valence-corrected chi connectivity index (χ2v) is 10.1. The molecule has 4 aromatic carbocycles. The number of hydrogen-bond donors (Lipinski definition) is 2. The van der Waals surface area contributed by atoms with Gasteiger partial charge in [-0.15, -0.1) is 0 Å². The van der Waals surface area contributed by atoms with E-state index >= 15 is 0 Å². The van der Waals surface area contributed by atoms with E-state index in [0.29, 0.717) is 11.3 Å². The van der Waals surface area contributed by atoms with Crippen molar-refractivity contribution in [3.05, 3.63) is 119 Å². The number of carbonyl (C=O) groups is 2. The highest BCUT2D eigenvalue weighted by molar-refractivity contribution is 7.92. The van der Waals surface area contributed by atoms with Gasteiger partial charge in [0.25, 0.3) is 15.9 Å². The molecule has 0 spiro atoms. The monoisotopic (exact) mass is 563 g/mol. The lowest BCUT2D eigenvalue weighted by Gasteiger charge is -2.10. The van der Waals surface area contributed by atoms with Crippen molar-refractivity contribution >= 4 is 45.4 Å². The standard InChI is InChI=1S/C28H22ClN3O6S/c1-37-26-17-19(11-16-25(26)38-28(34)23-9-5-6-10-24(23)29)18-30-31-27(33)20-12-14-21(15-13-20)32-39(35,36)22-7-3-2-4-8-22/h2-18,32H,1H3,(H,31,33)/b30-18-. The van der Waals surface area contributed by atoms with E-state index in [1.807, 2.05) is 0 Å². The highest BCUT2D eigenvalue weighted by Gasteiger charge is 2.16. The van der Waals surface area contributed by atoms with Crippen molar-refractivity contribution in [2.24, 2.45) is 5.10 Å². The summed E-state index contributed by atoms with van der Waals surface area (Å²) in [6.07, 6.45) is 1.39. The number of ether oxygens (including phenoxy) is 2. The van der Waals surface area contributed by atoms with Crippen LogP contribution in [0.2, 0.25) is 5.02 Å². The molecule has 0 unspecified atom stereocenters. The number of sulfonamides is 1. The molecule has 2 N–H and O–H groups in total. The van der Waals surface area contributed by atoms with Gasteiger partial charge in [-0.05, 0) is 72.3 Å². The molecule has 0 bridgehead atoms. The number of hydrogen-bond acceptors (Lipinski definition) is 7. The Morgan fingerprint density at radius 3 is 2.26 bits per heavy atom. The average Bonchev–Trinajstić information content (AvgIpc) is 2.94. The molecule has 0 aromatic heterocycles. The Balaban J connectivity index is 1.37. The number of rotatable bonds is 9. The highest BCUT2D eigenvalue weighted by atomic mass is 35.5. The molecule has 4 rings (SSSR count). The van der Waals surface area contributed by atoms with Crippen LogP contribution in [0, 0.1) is 0 Å². The number of amides is 1. The van der Waals surface area contributed by atoms with Gasteiger partial charge in [-0.1, -0.05) is 41.9 Å². The van der Waals surface area contributed by atoms with Gasteiger partial charge in [-0.3, -0.25) is 9.52 Å². The summed E-state index contributed by atoms with van der Waals surface area (Å²) in [4.78, 5) is 25.0. The molecule has 0 aliphatic carbocycles. The molecule has 0 saturated carbocycles. The fourth-order valence-electron chi connectivity index (χ4n) is 3.36. The predicted molar refractivity (Wildman–Crippen MR) is 148 cm³/mol. The van der Waals surface area contributed by atoms with E-state index in [4.69, 9.17) is 21.1 Å². The Bertz CT molecular complexity index is 1630. The van der Waals surface area contributed by atoms with Gasteiger partial charge in [0.1, 0.15) is 0 Å². The SMILES string of the molecule is COc1cc(/C=N\NC(=O)c2ccc(NS(=O)(=O)c3ccccc3)cc2)ccc1OC(=O)c1ccccc1Cl. The van der Waals surface area contributed by atoms with E-state index in [1.54, 1.807) is 54.6 Å². The third kappa shape index (κ3) is 7.01. The number of anilines is 1. The molecule has 0 saturated heterocycles. The summed E-state index contributed by atoms with van der Waals surface area (Å²) < 4.78 is 38.1. The molecule has 198 valence electrons. The van der Waals surface area contributed by atoms with Crippen LogP contribution in [0.3, 0.4) is 0 Å². The Morgan fingerprint density at radius 2 is 1.56 bits per heavy atom. The average molecular weight is 564 g/mol. The fourth-order valence-corrected chi connectivity index (χ4v) is 4.66. The second-order valence-electron chi connectivity index (χ2n) is 7.97. The lowest BCUT2D eigenvalue weighted by Crippen LogP contribution is -2.18. The van der Waals surface area contributed by atoms with E-state index in [1.165, 1.54) is 55.8 Å². The van der Waals surface area contributed by atoms with Gasteiger partial charge in [-0.2, -0.15) is 5.10 Å². The molecule has 9 nitrogen and oxygen atoms in total. The highest BCUT2D eigenvalue weighted by Crippen LogP contribution is 2.29. The van der Waals surface area contributed by atoms with Crippen LogP contribution in [0.25, 0.3) is 0 Å². The third-order valence-corrected chi connectivity index (χ3v) is 7.04. The van der Waals surface area contributed by atoms with Crippen LogP contribution in [-0.4, -0.2) is 33.6 Å². The third-order valence-electron chi connectivity index (χ3n) is 5.32. The molecule has 0 radical (unpaired) electrons. The van der Waals surface area contributed by atoms with Crippen molar-refractivity contribution in [2.45, 2.75) is 4.90 Å². The lowest BCUT2D eigenvalue weighted by molar-refractivity contribution is 0.0729. The van der Waals surface area contributed by atoms with Gasteiger partial charge >= 0.3 is 5.97 Å². The smallest absolute Gasteiger partial charge is 0.345 e. The van der Waals surface area contributed by atoms with Crippen LogP contribution in [-0.2, 0) is 10.0 Å². The largest absolute Gasteiger partial charge is 0.493 e. The maximum absolute atomic E-state index is 12.5. The Kier molecular flexibility index (Phi) is 8.60. The van der Waals surface area contributed by atoms with E-state index < -0.39 is 21.9 Å². The predicted octanol–water partition coefficient (Wildman–Crippen LogP) is 5.13. The Morgan fingerprint density at radius 1 is 0.872 bits per heavy atom. The minimum Gasteiger partial charge on any atom is -0.493 e. The summed E-state index contributed by atoms with van der Waals surface area (Å²) >= 11 is 6.06. The van der Waals surface area contributed by atoms with Gasteiger partial charge in [0.15, 0.2) is 11.5 Å². The maximum Gasteiger partial charge on any atom is 0.345 e. The van der Waals surface area contributed by atoms with Crippen molar-refractivity contribution in [1.82, 2.24) is 5.43 Å². The zero-order valence-electron chi connectivity index (χ0n) is 20.5. The van der Waals surface area contributed by atoms with Gasteiger partial charge < -0.3 is 9.47 Å². The molecule has 39 heavy (non-hydrogen) atoms. The number of esters is 1. The summed E-state index contributed by atoms with van der Waals surface area (Å²) in [6.45, 7) is 0. The molecular weight excluding hydrogens is 542 g/mol. The molecule has 1 amide bonds. The number of hydrazone groups is 1. The summed E-state index contributed by atoms with van der Waals surface area (Å²) in [6, 6.07) is 25.1. The van der Waals surface area contributed by atoms with Gasteiger partial charge in [-0.25, -0.2) is 18.6 Å². The number of nitrogens with one attached hydrogen (secondary N) is 2. The quantitative estimate of drug-likeness (QED) is 0.126. The first-order valence-corrected chi connectivity index (χ1v) is 13.3. The normalized spacial score (nSPS) is 11.1. The number of halogens is 1. The Labute approximate surface area is 230 Å². The van der Waals surface area contributed by atoms with E-state index in [9.17, 15) is 18.0 Å². The number of carbonyl (C=O) groups excluding carboxylic acids is 2. The molecule has 0 aliphatic heterocycles. The zero-order valence-corrected chi connectivity index (χ0v) is 22.1. The lowest BCUT2D eigenvalue weighted by atomic mass is 10.2. The fraction of sp³-hybridized carbons (Fsp3) is 0.0357. The first-order chi connectivity index (χ1) is 18.8. The van der Waals surface area contributed by atoms with Crippen molar-refractivity contribution in [2.75, 3.05) is 11.8 Å². The molecule has 0 atom stereocenters. The van der Waals surface area contributed by atoms with Crippen LogP contribution in [0.5, 0.6) is 11.5 Å². The first-order valence-electron chi connectivity index (χ1n) is 11.4. The number of methoxy groups -OCH3 is 1. The topological polar surface area (TPSA) is 123 Å². The van der Waals surface area contributed by atoms with E-state index in [-0.39, 0.29) is 32.5 Å². The summed E-state index contributed by atoms with van der Waals surface area (Å²) in [5.41, 5.74) is 3.77. The Hall–Kier alpha value is -4.67. The second kappa shape index (κ2) is 12.2. The van der Waals surface area contributed by atoms with Gasteiger partial charge in [0, 0.05) is 11.3 Å². The van der Waals surface area contributed by atoms with E-state index in [0.717, 1.165) is 0 Å². The summed E-state index contributed by atoms with van der Waals surface area (Å²) in [5.74, 6) is -0.668. The summed E-state index contributed by atoms with van der Waals surface area (Å²) in [7, 11) is -2.32. The van der Waals surface area contributed by atoms with Crippen molar-refractivity contribution in [3.8, 4) is 11.5 Å². The summed E-state index contributed by atoms with van der Waals surface area (Å²) in [5, 5.41) is 4.22. The van der Waals surface area contributed by atoms with Crippen molar-refractivity contribution in [3.63, 3.8) is 0 Å². The minimum absolute atomic E-state index is 0.129. The molecule has 4 aromatic rings. The molecule has 0 heterocycles. The maximum atomic E-state index is 12.5. The van der Waals surface area contributed by atoms with Crippen LogP contribution >= 0.6 is 11.6 Å². The zero-order chi connectivity index (χ0) is 27.8. The minimum atomic E-state index is -3.74.